The third kappa shape index (κ3) is 5.61. The molecule has 2 rings (SSSR count). The summed E-state index contributed by atoms with van der Waals surface area (Å²) in [5.74, 6) is 5.83. The summed E-state index contributed by atoms with van der Waals surface area (Å²) < 4.78 is 37.4. The Balaban J connectivity index is 1.88. The minimum atomic E-state index is -4.32. The van der Waals surface area contributed by atoms with Crippen LogP contribution in [-0.2, 0) is 11.0 Å². The van der Waals surface area contributed by atoms with Crippen LogP contribution in [0.3, 0.4) is 0 Å². The summed E-state index contributed by atoms with van der Waals surface area (Å²) in [6.07, 6.45) is -2.37. The van der Waals surface area contributed by atoms with E-state index < -0.39 is 11.7 Å². The van der Waals surface area contributed by atoms with Gasteiger partial charge in [-0.3, -0.25) is 9.69 Å². The molecular formula is C17H19F3N2O. The van der Waals surface area contributed by atoms with Gasteiger partial charge in [-0.15, -0.1) is 0 Å². The summed E-state index contributed by atoms with van der Waals surface area (Å²) in [6, 6.07) is 4.99. The maximum atomic E-state index is 12.5. The maximum absolute atomic E-state index is 12.5. The van der Waals surface area contributed by atoms with Gasteiger partial charge in [-0.1, -0.05) is 11.8 Å². The predicted molar refractivity (Wildman–Crippen MR) is 81.6 cm³/mol. The van der Waals surface area contributed by atoms with Gasteiger partial charge in [0, 0.05) is 25.1 Å². The van der Waals surface area contributed by atoms with E-state index in [4.69, 9.17) is 0 Å². The number of carbonyl (C=O) groups is 1. The Labute approximate surface area is 133 Å². The molecule has 1 aromatic rings. The number of amides is 1. The van der Waals surface area contributed by atoms with Crippen LogP contribution in [0, 0.1) is 11.8 Å². The normalized spacial score (nSPS) is 18.9. The lowest BCUT2D eigenvalue weighted by molar-refractivity contribution is -0.137. The van der Waals surface area contributed by atoms with Crippen molar-refractivity contribution in [2.24, 2.45) is 0 Å². The smallest absolute Gasteiger partial charge is 0.352 e. The summed E-state index contributed by atoms with van der Waals surface area (Å²) in [7, 11) is 0. The molecule has 1 atom stereocenters. The molecule has 124 valence electrons. The molecule has 3 nitrogen and oxygen atoms in total. The van der Waals surface area contributed by atoms with Crippen molar-refractivity contribution in [2.45, 2.75) is 32.0 Å². The van der Waals surface area contributed by atoms with Crippen molar-refractivity contribution in [3.8, 4) is 11.8 Å². The number of benzene rings is 1. The predicted octanol–water partition coefficient (Wildman–Crippen LogP) is 2.66. The molecule has 0 radical (unpaired) electrons. The van der Waals surface area contributed by atoms with E-state index in [1.807, 2.05) is 0 Å². The summed E-state index contributed by atoms with van der Waals surface area (Å²) in [5.41, 5.74) is -0.106. The molecule has 0 spiro atoms. The molecule has 0 bridgehead atoms. The fourth-order valence-electron chi connectivity index (χ4n) is 2.60. The van der Waals surface area contributed by atoms with E-state index in [1.54, 1.807) is 0 Å². The Hall–Kier alpha value is -2.00. The molecule has 0 saturated carbocycles. The lowest BCUT2D eigenvalue weighted by Crippen LogP contribution is -2.47. The monoisotopic (exact) mass is 324 g/mol. The van der Waals surface area contributed by atoms with Crippen molar-refractivity contribution in [3.63, 3.8) is 0 Å². The highest BCUT2D eigenvalue weighted by atomic mass is 19.4. The van der Waals surface area contributed by atoms with Crippen LogP contribution in [0.5, 0.6) is 0 Å². The first-order chi connectivity index (χ1) is 10.8. The lowest BCUT2D eigenvalue weighted by Gasteiger charge is -2.31. The van der Waals surface area contributed by atoms with Gasteiger partial charge < -0.3 is 5.32 Å². The Kier molecular flexibility index (Phi) is 5.67. The SMILES string of the molecule is CC(=O)N[C@H]1CCCN(CC#Cc2ccc(C(F)(F)F)cc2)C1. The van der Waals surface area contributed by atoms with Gasteiger partial charge in [0.05, 0.1) is 12.1 Å². The van der Waals surface area contributed by atoms with E-state index >= 15 is 0 Å². The zero-order valence-corrected chi connectivity index (χ0v) is 12.9. The first-order valence-corrected chi connectivity index (χ1v) is 7.50. The van der Waals surface area contributed by atoms with Gasteiger partial charge in [-0.25, -0.2) is 0 Å². The molecule has 0 aromatic heterocycles. The Morgan fingerprint density at radius 1 is 1.35 bits per heavy atom. The Bertz CT molecular complexity index is 599. The molecular weight excluding hydrogens is 305 g/mol. The van der Waals surface area contributed by atoms with Crippen LogP contribution in [0.1, 0.15) is 30.9 Å². The molecule has 0 aliphatic carbocycles. The van der Waals surface area contributed by atoms with Crippen molar-refractivity contribution in [2.75, 3.05) is 19.6 Å². The van der Waals surface area contributed by atoms with Crippen LogP contribution in [0.25, 0.3) is 0 Å². The molecule has 6 heteroatoms. The zero-order valence-electron chi connectivity index (χ0n) is 12.9. The highest BCUT2D eigenvalue weighted by Gasteiger charge is 2.29. The van der Waals surface area contributed by atoms with Crippen molar-refractivity contribution >= 4 is 5.91 Å². The number of halogens is 3. The first kappa shape index (κ1) is 17.4. The van der Waals surface area contributed by atoms with Crippen LogP contribution in [0.4, 0.5) is 13.2 Å². The third-order valence-electron chi connectivity index (χ3n) is 3.66. The van der Waals surface area contributed by atoms with Gasteiger partial charge in [0.2, 0.25) is 5.91 Å². The Morgan fingerprint density at radius 2 is 2.04 bits per heavy atom. The summed E-state index contributed by atoms with van der Waals surface area (Å²) in [4.78, 5) is 13.2. The number of hydrogen-bond acceptors (Lipinski definition) is 2. The van der Waals surface area contributed by atoms with Gasteiger partial charge in [0.25, 0.3) is 0 Å². The second kappa shape index (κ2) is 7.51. The van der Waals surface area contributed by atoms with Gasteiger partial charge in [0.1, 0.15) is 0 Å². The number of piperidine rings is 1. The molecule has 23 heavy (non-hydrogen) atoms. The molecule has 0 unspecified atom stereocenters. The summed E-state index contributed by atoms with van der Waals surface area (Å²) in [6.45, 7) is 3.71. The van der Waals surface area contributed by atoms with Crippen molar-refractivity contribution < 1.29 is 18.0 Å². The summed E-state index contributed by atoms with van der Waals surface area (Å²) >= 11 is 0. The highest BCUT2D eigenvalue weighted by Crippen LogP contribution is 2.28. The van der Waals surface area contributed by atoms with E-state index in [0.29, 0.717) is 12.1 Å². The van der Waals surface area contributed by atoms with Gasteiger partial charge in [0.15, 0.2) is 0 Å². The highest BCUT2D eigenvalue weighted by molar-refractivity contribution is 5.73. The molecule has 1 N–H and O–H groups in total. The van der Waals surface area contributed by atoms with Crippen molar-refractivity contribution in [1.29, 1.82) is 0 Å². The van der Waals surface area contributed by atoms with E-state index in [0.717, 1.165) is 38.1 Å². The fourth-order valence-corrected chi connectivity index (χ4v) is 2.60. The van der Waals surface area contributed by atoms with Gasteiger partial charge in [-0.05, 0) is 43.7 Å². The second-order valence-electron chi connectivity index (χ2n) is 5.65. The van der Waals surface area contributed by atoms with Gasteiger partial charge >= 0.3 is 6.18 Å². The molecule has 1 heterocycles. The van der Waals surface area contributed by atoms with E-state index in [-0.39, 0.29) is 11.9 Å². The average molecular weight is 324 g/mol. The first-order valence-electron chi connectivity index (χ1n) is 7.50. The van der Waals surface area contributed by atoms with Crippen LogP contribution >= 0.6 is 0 Å². The number of nitrogens with zero attached hydrogens (tertiary/aromatic N) is 1. The largest absolute Gasteiger partial charge is 0.416 e. The Morgan fingerprint density at radius 3 is 2.65 bits per heavy atom. The fraction of sp³-hybridized carbons (Fsp3) is 0.471. The standard InChI is InChI=1S/C17H19F3N2O/c1-13(23)21-16-5-3-11-22(12-16)10-2-4-14-6-8-15(9-7-14)17(18,19)20/h6-9,16H,3,5,10-12H2,1H3,(H,21,23)/t16-/m0/s1. The van der Waals surface area contributed by atoms with E-state index in [2.05, 4.69) is 22.1 Å². The van der Waals surface area contributed by atoms with Crippen LogP contribution in [-0.4, -0.2) is 36.5 Å². The molecule has 1 aromatic carbocycles. The minimum Gasteiger partial charge on any atom is -0.352 e. The molecule has 1 saturated heterocycles. The van der Waals surface area contributed by atoms with Crippen LogP contribution < -0.4 is 5.32 Å². The maximum Gasteiger partial charge on any atom is 0.416 e. The van der Waals surface area contributed by atoms with Crippen LogP contribution in [0.2, 0.25) is 0 Å². The zero-order chi connectivity index (χ0) is 16.9. The average Bonchev–Trinajstić information content (AvgIpc) is 2.46. The number of nitrogens with one attached hydrogen (secondary N) is 1. The van der Waals surface area contributed by atoms with E-state index in [1.165, 1.54) is 19.1 Å². The number of carbonyl (C=O) groups excluding carboxylic acids is 1. The topological polar surface area (TPSA) is 32.3 Å². The molecule has 1 aliphatic rings. The van der Waals surface area contributed by atoms with Crippen molar-refractivity contribution in [3.05, 3.63) is 35.4 Å². The number of likely N-dealkylation sites (tertiary alicyclic amines) is 1. The second-order valence-corrected chi connectivity index (χ2v) is 5.65. The van der Waals surface area contributed by atoms with Crippen LogP contribution in [0.15, 0.2) is 24.3 Å². The summed E-state index contributed by atoms with van der Waals surface area (Å²) in [5, 5.41) is 2.90. The third-order valence-corrected chi connectivity index (χ3v) is 3.66. The van der Waals surface area contributed by atoms with Crippen molar-refractivity contribution in [1.82, 2.24) is 10.2 Å². The molecule has 1 fully saturated rings. The van der Waals surface area contributed by atoms with Gasteiger partial charge in [-0.2, -0.15) is 13.2 Å². The van der Waals surface area contributed by atoms with E-state index in [9.17, 15) is 18.0 Å². The number of hydrogen-bond donors (Lipinski definition) is 1. The molecule has 1 amide bonds. The molecule has 1 aliphatic heterocycles. The quantitative estimate of drug-likeness (QED) is 0.848. The number of rotatable bonds is 2. The number of alkyl halides is 3. The minimum absolute atomic E-state index is 0.0345. The lowest BCUT2D eigenvalue weighted by atomic mass is 10.1.